The number of fused-ring (bicyclic) bond motifs is 3. The lowest BCUT2D eigenvalue weighted by Gasteiger charge is -2.20. The summed E-state index contributed by atoms with van der Waals surface area (Å²) in [5.74, 6) is 0.560. The number of anilines is 1. The number of aromatic nitrogens is 3. The van der Waals surface area contributed by atoms with Crippen molar-refractivity contribution in [3.05, 3.63) is 65.0 Å². The Kier molecular flexibility index (Phi) is 3.89. The van der Waals surface area contributed by atoms with Crippen LogP contribution in [0.25, 0.3) is 5.69 Å². The number of nitrogens with zero attached hydrogens (tertiary/aromatic N) is 3. The van der Waals surface area contributed by atoms with Crippen molar-refractivity contribution in [3.63, 3.8) is 0 Å². The number of rotatable bonds is 2. The van der Waals surface area contributed by atoms with Crippen LogP contribution < -0.4 is 5.32 Å². The SMILES string of the molecule is Cc1nc(C(=O)Nc2ccnc(Cl)c2)c2n1-c1ccccc1S(=O)C2. The van der Waals surface area contributed by atoms with Crippen LogP contribution in [0.3, 0.4) is 0 Å². The molecular formula is C17H13ClN4O2S. The van der Waals surface area contributed by atoms with Gasteiger partial charge < -0.3 is 5.32 Å². The molecule has 1 aromatic carbocycles. The molecule has 0 fully saturated rings. The van der Waals surface area contributed by atoms with Gasteiger partial charge in [-0.15, -0.1) is 0 Å². The summed E-state index contributed by atoms with van der Waals surface area (Å²) in [6.07, 6.45) is 1.51. The second-order valence-electron chi connectivity index (χ2n) is 5.57. The van der Waals surface area contributed by atoms with Crippen LogP contribution in [0.1, 0.15) is 22.0 Å². The van der Waals surface area contributed by atoms with E-state index in [0.29, 0.717) is 17.2 Å². The van der Waals surface area contributed by atoms with E-state index in [1.807, 2.05) is 35.8 Å². The molecule has 0 saturated heterocycles. The summed E-state index contributed by atoms with van der Waals surface area (Å²) < 4.78 is 14.4. The van der Waals surface area contributed by atoms with Gasteiger partial charge in [0.2, 0.25) is 0 Å². The highest BCUT2D eigenvalue weighted by Crippen LogP contribution is 2.31. The minimum Gasteiger partial charge on any atom is -0.320 e. The predicted molar refractivity (Wildman–Crippen MR) is 95.6 cm³/mol. The van der Waals surface area contributed by atoms with Crippen LogP contribution >= 0.6 is 11.6 Å². The Morgan fingerprint density at radius 3 is 2.92 bits per heavy atom. The van der Waals surface area contributed by atoms with E-state index in [1.54, 1.807) is 12.1 Å². The number of carbonyl (C=O) groups is 1. The quantitative estimate of drug-likeness (QED) is 0.701. The van der Waals surface area contributed by atoms with Crippen LogP contribution in [0.15, 0.2) is 47.5 Å². The number of halogens is 1. The molecule has 0 bridgehead atoms. The lowest BCUT2D eigenvalue weighted by molar-refractivity contribution is 0.102. The highest BCUT2D eigenvalue weighted by atomic mass is 35.5. The molecule has 0 aliphatic carbocycles. The van der Waals surface area contributed by atoms with Crippen molar-refractivity contribution in [3.8, 4) is 5.69 Å². The summed E-state index contributed by atoms with van der Waals surface area (Å²) in [5, 5.41) is 3.05. The van der Waals surface area contributed by atoms with Crippen LogP contribution in [-0.4, -0.2) is 24.7 Å². The number of para-hydroxylation sites is 1. The predicted octanol–water partition coefficient (Wildman–Crippen LogP) is 3.10. The maximum absolute atomic E-state index is 12.7. The highest BCUT2D eigenvalue weighted by molar-refractivity contribution is 7.84. The minimum absolute atomic E-state index is 0.248. The zero-order valence-electron chi connectivity index (χ0n) is 13.2. The van der Waals surface area contributed by atoms with E-state index in [0.717, 1.165) is 10.6 Å². The van der Waals surface area contributed by atoms with Crippen LogP contribution in [0.5, 0.6) is 0 Å². The first kappa shape index (κ1) is 16.0. The molecule has 2 aromatic heterocycles. The normalized spacial score (nSPS) is 15.4. The number of carbonyl (C=O) groups excluding carboxylic acids is 1. The highest BCUT2D eigenvalue weighted by Gasteiger charge is 2.29. The van der Waals surface area contributed by atoms with Gasteiger partial charge in [0.05, 0.1) is 32.8 Å². The minimum atomic E-state index is -1.21. The molecule has 3 heterocycles. The molecule has 1 aliphatic rings. The fourth-order valence-electron chi connectivity index (χ4n) is 2.92. The summed E-state index contributed by atoms with van der Waals surface area (Å²) in [5.41, 5.74) is 2.25. The molecule has 0 saturated carbocycles. The number of hydrogen-bond donors (Lipinski definition) is 1. The van der Waals surface area contributed by atoms with E-state index in [4.69, 9.17) is 11.6 Å². The summed E-state index contributed by atoms with van der Waals surface area (Å²) in [6, 6.07) is 10.7. The number of pyridine rings is 1. The van der Waals surface area contributed by atoms with Crippen LogP contribution in [-0.2, 0) is 16.6 Å². The van der Waals surface area contributed by atoms with Crippen molar-refractivity contribution in [1.29, 1.82) is 0 Å². The molecule has 8 heteroatoms. The first-order valence-electron chi connectivity index (χ1n) is 7.53. The second-order valence-corrected chi connectivity index (χ2v) is 7.38. The van der Waals surface area contributed by atoms with Gasteiger partial charge >= 0.3 is 0 Å². The summed E-state index contributed by atoms with van der Waals surface area (Å²) in [6.45, 7) is 1.83. The molecule has 0 spiro atoms. The smallest absolute Gasteiger partial charge is 0.276 e. The number of amides is 1. The Morgan fingerprint density at radius 1 is 1.32 bits per heavy atom. The third kappa shape index (κ3) is 2.75. The summed E-state index contributed by atoms with van der Waals surface area (Å²) in [4.78, 5) is 21.7. The van der Waals surface area contributed by atoms with Crippen molar-refractivity contribution in [2.45, 2.75) is 17.6 Å². The van der Waals surface area contributed by atoms with Crippen LogP contribution in [0, 0.1) is 6.92 Å². The summed E-state index contributed by atoms with van der Waals surface area (Å²) in [7, 11) is -1.21. The number of hydrogen-bond acceptors (Lipinski definition) is 4. The maximum atomic E-state index is 12.7. The van der Waals surface area contributed by atoms with Gasteiger partial charge in [-0.2, -0.15) is 0 Å². The Balaban J connectivity index is 1.77. The van der Waals surface area contributed by atoms with Gasteiger partial charge in [-0.1, -0.05) is 23.7 Å². The molecule has 0 radical (unpaired) electrons. The molecule has 1 N–H and O–H groups in total. The molecule has 6 nitrogen and oxygen atoms in total. The molecule has 1 aliphatic heterocycles. The van der Waals surface area contributed by atoms with Gasteiger partial charge in [0, 0.05) is 11.9 Å². The van der Waals surface area contributed by atoms with E-state index in [-0.39, 0.29) is 22.5 Å². The van der Waals surface area contributed by atoms with E-state index < -0.39 is 10.8 Å². The number of benzene rings is 1. The van der Waals surface area contributed by atoms with Crippen molar-refractivity contribution in [2.24, 2.45) is 0 Å². The summed E-state index contributed by atoms with van der Waals surface area (Å²) >= 11 is 5.85. The van der Waals surface area contributed by atoms with E-state index in [9.17, 15) is 9.00 Å². The molecule has 1 atom stereocenters. The molecule has 4 rings (SSSR count). The topological polar surface area (TPSA) is 76.9 Å². The largest absolute Gasteiger partial charge is 0.320 e. The number of nitrogens with one attached hydrogen (secondary N) is 1. The van der Waals surface area contributed by atoms with Crippen molar-refractivity contribution < 1.29 is 9.00 Å². The van der Waals surface area contributed by atoms with Crippen molar-refractivity contribution in [2.75, 3.05) is 5.32 Å². The number of aryl methyl sites for hydroxylation is 1. The number of imidazole rings is 1. The van der Waals surface area contributed by atoms with Crippen LogP contribution in [0.4, 0.5) is 5.69 Å². The van der Waals surface area contributed by atoms with Gasteiger partial charge in [0.25, 0.3) is 5.91 Å². The Labute approximate surface area is 151 Å². The molecule has 1 amide bonds. The molecule has 25 heavy (non-hydrogen) atoms. The zero-order chi connectivity index (χ0) is 17.6. The fourth-order valence-corrected chi connectivity index (χ4v) is 4.39. The first-order valence-corrected chi connectivity index (χ1v) is 9.23. The molecule has 1 unspecified atom stereocenters. The average Bonchev–Trinajstić information content (AvgIpc) is 2.92. The van der Waals surface area contributed by atoms with Gasteiger partial charge in [-0.3, -0.25) is 13.6 Å². The second kappa shape index (κ2) is 6.09. The lowest BCUT2D eigenvalue weighted by Crippen LogP contribution is -2.19. The van der Waals surface area contributed by atoms with Gasteiger partial charge in [-0.25, -0.2) is 9.97 Å². The van der Waals surface area contributed by atoms with E-state index in [1.165, 1.54) is 6.20 Å². The third-order valence-electron chi connectivity index (χ3n) is 3.96. The molecular weight excluding hydrogens is 360 g/mol. The Morgan fingerprint density at radius 2 is 2.12 bits per heavy atom. The Hall–Kier alpha value is -2.51. The molecule has 126 valence electrons. The van der Waals surface area contributed by atoms with Gasteiger partial charge in [-0.05, 0) is 31.2 Å². The third-order valence-corrected chi connectivity index (χ3v) is 5.54. The Bertz CT molecular complexity index is 1030. The zero-order valence-corrected chi connectivity index (χ0v) is 14.8. The van der Waals surface area contributed by atoms with Crippen molar-refractivity contribution >= 4 is 34.0 Å². The lowest BCUT2D eigenvalue weighted by atomic mass is 10.2. The monoisotopic (exact) mass is 372 g/mol. The maximum Gasteiger partial charge on any atom is 0.276 e. The van der Waals surface area contributed by atoms with Gasteiger partial charge in [0.1, 0.15) is 11.0 Å². The first-order chi connectivity index (χ1) is 12.0. The molecule has 3 aromatic rings. The fraction of sp³-hybridized carbons (Fsp3) is 0.118. The van der Waals surface area contributed by atoms with Crippen molar-refractivity contribution in [1.82, 2.24) is 14.5 Å². The van der Waals surface area contributed by atoms with E-state index in [2.05, 4.69) is 15.3 Å². The average molecular weight is 373 g/mol. The van der Waals surface area contributed by atoms with Crippen LogP contribution in [0.2, 0.25) is 5.15 Å². The van der Waals surface area contributed by atoms with E-state index >= 15 is 0 Å². The standard InChI is InChI=1S/C17H13ClN4O2S/c1-10-20-16(17(23)21-11-6-7-19-15(18)8-11)13-9-25(24)14-5-3-2-4-12(14)22(10)13/h2-8H,9H2,1H3,(H,19,21,23). The van der Waals surface area contributed by atoms with Gasteiger partial charge in [0.15, 0.2) is 5.69 Å².